The minimum atomic E-state index is 0.0571. The van der Waals surface area contributed by atoms with Crippen LogP contribution in [0.3, 0.4) is 0 Å². The molecule has 0 N–H and O–H groups in total. The normalized spacial score (nSPS) is 21.4. The van der Waals surface area contributed by atoms with Crippen LogP contribution in [-0.4, -0.2) is 35.8 Å². The van der Waals surface area contributed by atoms with Crippen LogP contribution in [0.5, 0.6) is 0 Å². The van der Waals surface area contributed by atoms with Gasteiger partial charge in [-0.15, -0.1) is 0 Å². The molecule has 1 aliphatic rings. The van der Waals surface area contributed by atoms with E-state index >= 15 is 0 Å². The molecule has 0 aromatic heterocycles. The van der Waals surface area contributed by atoms with Crippen molar-refractivity contribution < 1.29 is 4.79 Å². The number of ketones is 1. The first-order valence-corrected chi connectivity index (χ1v) is 9.58. The van der Waals surface area contributed by atoms with Crippen LogP contribution < -0.4 is 0 Å². The molecule has 1 aliphatic heterocycles. The zero-order valence-corrected chi connectivity index (χ0v) is 14.3. The van der Waals surface area contributed by atoms with Crippen molar-refractivity contribution in [1.82, 2.24) is 4.90 Å². The van der Waals surface area contributed by atoms with Crippen molar-refractivity contribution >= 4 is 17.5 Å². The first-order valence-electron chi connectivity index (χ1n) is 8.18. The largest absolute Gasteiger partial charge is 0.295 e. The second-order valence-electron chi connectivity index (χ2n) is 6.01. The van der Waals surface area contributed by atoms with Gasteiger partial charge in [-0.3, -0.25) is 9.69 Å². The maximum Gasteiger partial charge on any atom is 0.167 e. The zero-order valence-electron chi connectivity index (χ0n) is 13.5. The number of hydrogen-bond acceptors (Lipinski definition) is 3. The van der Waals surface area contributed by atoms with Crippen LogP contribution in [0.4, 0.5) is 0 Å². The van der Waals surface area contributed by atoms with Gasteiger partial charge in [0.15, 0.2) is 5.78 Å². The quantitative estimate of drug-likeness (QED) is 0.739. The van der Waals surface area contributed by atoms with Gasteiger partial charge in [0.2, 0.25) is 0 Å². The highest BCUT2D eigenvalue weighted by Crippen LogP contribution is 2.39. The lowest BCUT2D eigenvalue weighted by Crippen LogP contribution is -2.30. The SMILES string of the molecule is CSCCN1CC[C@H](C(=O)c2ccccc2)[C@H]1c1ccccc1. The van der Waals surface area contributed by atoms with E-state index in [4.69, 9.17) is 0 Å². The fraction of sp³-hybridized carbons (Fsp3) is 0.350. The highest BCUT2D eigenvalue weighted by molar-refractivity contribution is 7.98. The van der Waals surface area contributed by atoms with Crippen molar-refractivity contribution in [1.29, 1.82) is 0 Å². The second-order valence-corrected chi connectivity index (χ2v) is 7.00. The number of hydrogen-bond donors (Lipinski definition) is 0. The first kappa shape index (κ1) is 16.3. The van der Waals surface area contributed by atoms with Crippen LogP contribution >= 0.6 is 11.8 Å². The minimum absolute atomic E-state index is 0.0571. The molecule has 0 saturated carbocycles. The van der Waals surface area contributed by atoms with Crippen molar-refractivity contribution in [2.24, 2.45) is 5.92 Å². The van der Waals surface area contributed by atoms with E-state index in [9.17, 15) is 4.79 Å². The van der Waals surface area contributed by atoms with Crippen LogP contribution in [0.2, 0.25) is 0 Å². The van der Waals surface area contributed by atoms with E-state index in [0.717, 1.165) is 30.8 Å². The summed E-state index contributed by atoms with van der Waals surface area (Å²) in [5.74, 6) is 1.45. The van der Waals surface area contributed by atoms with Crippen LogP contribution in [0.25, 0.3) is 0 Å². The number of benzene rings is 2. The zero-order chi connectivity index (χ0) is 16.1. The average molecular weight is 325 g/mol. The lowest BCUT2D eigenvalue weighted by atomic mass is 9.87. The second kappa shape index (κ2) is 7.80. The topological polar surface area (TPSA) is 20.3 Å². The summed E-state index contributed by atoms with van der Waals surface area (Å²) in [5, 5.41) is 0. The monoisotopic (exact) mass is 325 g/mol. The van der Waals surface area contributed by atoms with Gasteiger partial charge in [-0.1, -0.05) is 60.7 Å². The molecular weight excluding hydrogens is 302 g/mol. The van der Waals surface area contributed by atoms with E-state index < -0.39 is 0 Å². The summed E-state index contributed by atoms with van der Waals surface area (Å²) in [6, 6.07) is 20.5. The number of thioether (sulfide) groups is 1. The summed E-state index contributed by atoms with van der Waals surface area (Å²) >= 11 is 1.87. The van der Waals surface area contributed by atoms with E-state index in [-0.39, 0.29) is 17.7 Å². The van der Waals surface area contributed by atoms with Crippen LogP contribution in [-0.2, 0) is 0 Å². The molecule has 2 nitrogen and oxygen atoms in total. The van der Waals surface area contributed by atoms with Crippen molar-refractivity contribution in [3.8, 4) is 0 Å². The summed E-state index contributed by atoms with van der Waals surface area (Å²) in [7, 11) is 0. The van der Waals surface area contributed by atoms with Gasteiger partial charge < -0.3 is 0 Å². The average Bonchev–Trinajstić information content (AvgIpc) is 3.04. The molecule has 3 rings (SSSR count). The van der Waals surface area contributed by atoms with Gasteiger partial charge in [-0.25, -0.2) is 0 Å². The Kier molecular flexibility index (Phi) is 5.52. The Bertz CT molecular complexity index is 629. The van der Waals surface area contributed by atoms with E-state index in [1.165, 1.54) is 5.56 Å². The summed E-state index contributed by atoms with van der Waals surface area (Å²) in [5.41, 5.74) is 2.10. The van der Waals surface area contributed by atoms with Gasteiger partial charge in [0.25, 0.3) is 0 Å². The standard InChI is InChI=1S/C20H23NOS/c1-23-15-14-21-13-12-18(19(21)16-8-4-2-5-9-16)20(22)17-10-6-3-7-11-17/h2-11,18-19H,12-15H2,1H3/t18-,19+/m0/s1. The molecular formula is C20H23NOS. The maximum atomic E-state index is 13.0. The molecule has 0 amide bonds. The van der Waals surface area contributed by atoms with E-state index in [1.54, 1.807) is 0 Å². The predicted molar refractivity (Wildman–Crippen MR) is 98.0 cm³/mol. The lowest BCUT2D eigenvalue weighted by molar-refractivity contribution is 0.0884. The molecule has 1 fully saturated rings. The molecule has 1 saturated heterocycles. The molecule has 120 valence electrons. The summed E-state index contributed by atoms with van der Waals surface area (Å²) in [4.78, 5) is 15.5. The Morgan fingerprint density at radius 3 is 2.39 bits per heavy atom. The summed E-state index contributed by atoms with van der Waals surface area (Å²) < 4.78 is 0. The van der Waals surface area contributed by atoms with Crippen molar-refractivity contribution in [2.45, 2.75) is 12.5 Å². The number of carbonyl (C=O) groups is 1. The molecule has 2 atom stereocenters. The van der Waals surface area contributed by atoms with Gasteiger partial charge in [-0.2, -0.15) is 11.8 Å². The first-order chi connectivity index (χ1) is 11.3. The van der Waals surface area contributed by atoms with Gasteiger partial charge in [0.1, 0.15) is 0 Å². The van der Waals surface area contributed by atoms with Gasteiger partial charge in [-0.05, 0) is 24.8 Å². The van der Waals surface area contributed by atoms with Crippen LogP contribution in [0.1, 0.15) is 28.4 Å². The van der Waals surface area contributed by atoms with Gasteiger partial charge in [0.05, 0.1) is 0 Å². The molecule has 2 aromatic carbocycles. The smallest absolute Gasteiger partial charge is 0.167 e. The minimum Gasteiger partial charge on any atom is -0.295 e. The molecule has 0 radical (unpaired) electrons. The lowest BCUT2D eigenvalue weighted by Gasteiger charge is -2.28. The Morgan fingerprint density at radius 2 is 1.74 bits per heavy atom. The summed E-state index contributed by atoms with van der Waals surface area (Å²) in [6.07, 6.45) is 3.09. The third-order valence-corrected chi connectivity index (χ3v) is 5.21. The van der Waals surface area contributed by atoms with E-state index in [2.05, 4.69) is 35.4 Å². The number of rotatable bonds is 6. The molecule has 0 unspecified atom stereocenters. The van der Waals surface area contributed by atoms with Gasteiger partial charge in [0, 0.05) is 29.8 Å². The van der Waals surface area contributed by atoms with Crippen molar-refractivity contribution in [2.75, 3.05) is 25.1 Å². The Balaban J connectivity index is 1.88. The van der Waals surface area contributed by atoms with E-state index in [0.29, 0.717) is 0 Å². The molecule has 0 spiro atoms. The highest BCUT2D eigenvalue weighted by Gasteiger charge is 2.39. The van der Waals surface area contributed by atoms with E-state index in [1.807, 2.05) is 48.2 Å². The molecule has 0 aliphatic carbocycles. The highest BCUT2D eigenvalue weighted by atomic mass is 32.2. The van der Waals surface area contributed by atoms with Crippen LogP contribution in [0, 0.1) is 5.92 Å². The molecule has 23 heavy (non-hydrogen) atoms. The fourth-order valence-electron chi connectivity index (χ4n) is 3.50. The molecule has 2 aromatic rings. The molecule has 3 heteroatoms. The number of likely N-dealkylation sites (tertiary alicyclic amines) is 1. The number of carbonyl (C=O) groups excluding carboxylic acids is 1. The van der Waals surface area contributed by atoms with Crippen molar-refractivity contribution in [3.05, 3.63) is 71.8 Å². The predicted octanol–water partition coefficient (Wildman–Crippen LogP) is 4.30. The number of nitrogens with zero attached hydrogens (tertiary/aromatic N) is 1. The van der Waals surface area contributed by atoms with Crippen LogP contribution in [0.15, 0.2) is 60.7 Å². The third-order valence-electron chi connectivity index (χ3n) is 4.62. The summed E-state index contributed by atoms with van der Waals surface area (Å²) in [6.45, 7) is 2.04. The Hall–Kier alpha value is -1.58. The third kappa shape index (κ3) is 3.67. The van der Waals surface area contributed by atoms with Gasteiger partial charge >= 0.3 is 0 Å². The fourth-order valence-corrected chi connectivity index (χ4v) is 3.92. The molecule has 1 heterocycles. The Morgan fingerprint density at radius 1 is 1.09 bits per heavy atom. The Labute approximate surface area is 142 Å². The maximum absolute atomic E-state index is 13.0. The number of Topliss-reactive ketones (excluding diaryl/α,β-unsaturated/α-hetero) is 1. The molecule has 0 bridgehead atoms. The van der Waals surface area contributed by atoms with Crippen molar-refractivity contribution in [3.63, 3.8) is 0 Å².